The number of hydrogen-bond acceptors (Lipinski definition) is 4. The maximum atomic E-state index is 9.75. The lowest BCUT2D eigenvalue weighted by atomic mass is 10.0. The molecule has 1 heterocycles. The van der Waals surface area contributed by atoms with Crippen LogP contribution in [0.3, 0.4) is 0 Å². The summed E-state index contributed by atoms with van der Waals surface area (Å²) in [6, 6.07) is 3.70. The van der Waals surface area contributed by atoms with Gasteiger partial charge in [-0.25, -0.2) is 0 Å². The van der Waals surface area contributed by atoms with Gasteiger partial charge in [-0.3, -0.25) is 0 Å². The Kier molecular flexibility index (Phi) is 6.41. The molecule has 4 nitrogen and oxygen atoms in total. The molecule has 1 aromatic rings. The van der Waals surface area contributed by atoms with Crippen molar-refractivity contribution >= 4 is 0 Å². The topological polar surface area (TPSA) is 54.6 Å². The predicted molar refractivity (Wildman–Crippen MR) is 73.8 cm³/mol. The molecule has 0 aromatic carbocycles. The number of ether oxygens (including phenoxy) is 1. The number of aliphatic hydroxyl groups excluding tert-OH is 1. The van der Waals surface area contributed by atoms with E-state index in [1.807, 2.05) is 12.1 Å². The van der Waals surface area contributed by atoms with E-state index in [1.54, 1.807) is 6.26 Å². The van der Waals surface area contributed by atoms with Crippen molar-refractivity contribution in [3.05, 3.63) is 24.2 Å². The van der Waals surface area contributed by atoms with Gasteiger partial charge in [0, 0.05) is 6.54 Å². The summed E-state index contributed by atoms with van der Waals surface area (Å²) in [4.78, 5) is 0. The summed E-state index contributed by atoms with van der Waals surface area (Å²) in [5, 5.41) is 13.1. The first-order valence-electron chi connectivity index (χ1n) is 7.33. The smallest absolute Gasteiger partial charge is 0.129 e. The van der Waals surface area contributed by atoms with E-state index in [-0.39, 0.29) is 0 Å². The van der Waals surface area contributed by atoms with Crippen LogP contribution < -0.4 is 5.32 Å². The van der Waals surface area contributed by atoms with Gasteiger partial charge in [0.05, 0.1) is 19.0 Å². The van der Waals surface area contributed by atoms with Crippen molar-refractivity contribution in [1.29, 1.82) is 0 Å². The second-order valence-electron chi connectivity index (χ2n) is 5.39. The Hall–Kier alpha value is -0.840. The average molecular weight is 267 g/mol. The van der Waals surface area contributed by atoms with Gasteiger partial charge in [0.1, 0.15) is 12.4 Å². The van der Waals surface area contributed by atoms with Crippen LogP contribution >= 0.6 is 0 Å². The lowest BCUT2D eigenvalue weighted by molar-refractivity contribution is 0.0226. The molecule has 1 fully saturated rings. The van der Waals surface area contributed by atoms with Gasteiger partial charge in [-0.05, 0) is 31.0 Å². The Morgan fingerprint density at radius 1 is 1.42 bits per heavy atom. The monoisotopic (exact) mass is 267 g/mol. The first-order chi connectivity index (χ1) is 9.34. The highest BCUT2D eigenvalue weighted by Crippen LogP contribution is 2.26. The number of rotatable bonds is 9. The van der Waals surface area contributed by atoms with Crippen molar-refractivity contribution in [2.45, 2.75) is 44.8 Å². The van der Waals surface area contributed by atoms with E-state index < -0.39 is 6.10 Å². The van der Waals surface area contributed by atoms with Crippen molar-refractivity contribution in [1.82, 2.24) is 5.32 Å². The van der Waals surface area contributed by atoms with Crippen molar-refractivity contribution in [3.63, 3.8) is 0 Å². The molecule has 0 aliphatic heterocycles. The van der Waals surface area contributed by atoms with Gasteiger partial charge in [0.2, 0.25) is 0 Å². The van der Waals surface area contributed by atoms with Crippen LogP contribution in [0.4, 0.5) is 0 Å². The van der Waals surface area contributed by atoms with Crippen LogP contribution in [0.25, 0.3) is 0 Å². The van der Waals surface area contributed by atoms with E-state index in [0.29, 0.717) is 19.8 Å². The van der Waals surface area contributed by atoms with Gasteiger partial charge in [-0.2, -0.15) is 0 Å². The third-order valence-electron chi connectivity index (χ3n) is 3.72. The van der Waals surface area contributed by atoms with Crippen LogP contribution in [-0.2, 0) is 11.3 Å². The normalized spacial score (nSPS) is 17.9. The molecule has 0 bridgehead atoms. The molecule has 19 heavy (non-hydrogen) atoms. The lowest BCUT2D eigenvalue weighted by Crippen LogP contribution is -2.31. The maximum Gasteiger partial charge on any atom is 0.129 e. The van der Waals surface area contributed by atoms with Crippen LogP contribution in [0.2, 0.25) is 0 Å². The molecule has 2 rings (SSSR count). The Bertz CT molecular complexity index is 320. The second kappa shape index (κ2) is 8.35. The molecule has 0 amide bonds. The van der Waals surface area contributed by atoms with Crippen molar-refractivity contribution < 1.29 is 14.3 Å². The average Bonchev–Trinajstić information content (AvgIpc) is 3.07. The lowest BCUT2D eigenvalue weighted by Gasteiger charge is -2.13. The summed E-state index contributed by atoms with van der Waals surface area (Å²) in [7, 11) is 0. The molecule has 108 valence electrons. The summed E-state index contributed by atoms with van der Waals surface area (Å²) in [6.45, 7) is 2.37. The predicted octanol–water partition coefficient (Wildman–Crippen LogP) is 2.33. The van der Waals surface area contributed by atoms with Crippen molar-refractivity contribution in [2.75, 3.05) is 19.7 Å². The first kappa shape index (κ1) is 14.6. The molecule has 0 radical (unpaired) electrons. The molecule has 1 unspecified atom stereocenters. The van der Waals surface area contributed by atoms with E-state index in [4.69, 9.17) is 9.15 Å². The van der Waals surface area contributed by atoms with Gasteiger partial charge >= 0.3 is 0 Å². The SMILES string of the molecule is OC(CNCCC1CCCC1)COCc1ccco1. The fourth-order valence-electron chi connectivity index (χ4n) is 2.62. The third-order valence-corrected chi connectivity index (χ3v) is 3.72. The molecule has 1 aromatic heterocycles. The zero-order valence-electron chi connectivity index (χ0n) is 11.5. The van der Waals surface area contributed by atoms with Gasteiger partial charge in [-0.1, -0.05) is 25.7 Å². The Balaban J connectivity index is 1.44. The molecular weight excluding hydrogens is 242 g/mol. The molecule has 1 atom stereocenters. The highest BCUT2D eigenvalue weighted by atomic mass is 16.5. The summed E-state index contributed by atoms with van der Waals surface area (Å²) >= 11 is 0. The Morgan fingerprint density at radius 3 is 3.00 bits per heavy atom. The fraction of sp³-hybridized carbons (Fsp3) is 0.733. The van der Waals surface area contributed by atoms with E-state index in [2.05, 4.69) is 5.32 Å². The Morgan fingerprint density at radius 2 is 2.26 bits per heavy atom. The van der Waals surface area contributed by atoms with Crippen LogP contribution in [-0.4, -0.2) is 30.9 Å². The minimum atomic E-state index is -0.446. The van der Waals surface area contributed by atoms with Crippen molar-refractivity contribution in [3.8, 4) is 0 Å². The highest BCUT2D eigenvalue weighted by molar-refractivity contribution is 4.96. The summed E-state index contributed by atoms with van der Waals surface area (Å²) in [5.74, 6) is 1.70. The zero-order chi connectivity index (χ0) is 13.3. The number of furan rings is 1. The molecular formula is C15H25NO3. The van der Waals surface area contributed by atoms with Gasteiger partial charge < -0.3 is 19.6 Å². The number of nitrogens with one attached hydrogen (secondary N) is 1. The van der Waals surface area contributed by atoms with E-state index in [9.17, 15) is 5.11 Å². The van der Waals surface area contributed by atoms with E-state index >= 15 is 0 Å². The summed E-state index contributed by atoms with van der Waals surface area (Å²) in [5.41, 5.74) is 0. The molecule has 2 N–H and O–H groups in total. The van der Waals surface area contributed by atoms with Gasteiger partial charge in [0.15, 0.2) is 0 Å². The highest BCUT2D eigenvalue weighted by Gasteiger charge is 2.14. The summed E-state index contributed by atoms with van der Waals surface area (Å²) < 4.78 is 10.5. The quantitative estimate of drug-likeness (QED) is 0.674. The van der Waals surface area contributed by atoms with Crippen LogP contribution in [0.5, 0.6) is 0 Å². The molecule has 1 aliphatic carbocycles. The molecule has 0 saturated heterocycles. The van der Waals surface area contributed by atoms with E-state index in [0.717, 1.165) is 18.2 Å². The Labute approximate surface area is 115 Å². The largest absolute Gasteiger partial charge is 0.467 e. The van der Waals surface area contributed by atoms with Crippen LogP contribution in [0.1, 0.15) is 37.9 Å². The minimum Gasteiger partial charge on any atom is -0.467 e. The molecule has 1 aliphatic rings. The third kappa shape index (κ3) is 5.76. The number of aliphatic hydroxyl groups is 1. The van der Waals surface area contributed by atoms with E-state index in [1.165, 1.54) is 32.1 Å². The molecule has 0 spiro atoms. The molecule has 4 heteroatoms. The molecule has 1 saturated carbocycles. The second-order valence-corrected chi connectivity index (χ2v) is 5.39. The maximum absolute atomic E-state index is 9.75. The standard InChI is InChI=1S/C15H25NO3/c17-14(11-18-12-15-6-3-9-19-15)10-16-8-7-13-4-1-2-5-13/h3,6,9,13-14,16-17H,1-2,4-5,7-8,10-12H2. The van der Waals surface area contributed by atoms with Gasteiger partial charge in [-0.15, -0.1) is 0 Å². The van der Waals surface area contributed by atoms with Gasteiger partial charge in [0.25, 0.3) is 0 Å². The zero-order valence-corrected chi connectivity index (χ0v) is 11.5. The van der Waals surface area contributed by atoms with Crippen LogP contribution in [0.15, 0.2) is 22.8 Å². The van der Waals surface area contributed by atoms with Crippen molar-refractivity contribution in [2.24, 2.45) is 5.92 Å². The first-order valence-corrected chi connectivity index (χ1v) is 7.33. The summed E-state index contributed by atoms with van der Waals surface area (Å²) in [6.07, 6.45) is 7.98. The van der Waals surface area contributed by atoms with Crippen LogP contribution in [0, 0.1) is 5.92 Å². The minimum absolute atomic E-state index is 0.344. The number of hydrogen-bond donors (Lipinski definition) is 2. The fourth-order valence-corrected chi connectivity index (χ4v) is 2.62.